The van der Waals surface area contributed by atoms with Gasteiger partial charge in [-0.25, -0.2) is 4.98 Å². The molecule has 1 amide bonds. The molecule has 0 saturated heterocycles. The molecule has 0 unspecified atom stereocenters. The van der Waals surface area contributed by atoms with Crippen LogP contribution in [0.2, 0.25) is 0 Å². The van der Waals surface area contributed by atoms with Crippen LogP contribution >= 0.6 is 15.9 Å². The highest BCUT2D eigenvalue weighted by atomic mass is 79.9. The molecule has 0 bridgehead atoms. The van der Waals surface area contributed by atoms with Crippen molar-refractivity contribution < 1.29 is 4.79 Å². The van der Waals surface area contributed by atoms with E-state index in [0.29, 0.717) is 10.3 Å². The van der Waals surface area contributed by atoms with E-state index in [0.717, 1.165) is 11.3 Å². The van der Waals surface area contributed by atoms with Gasteiger partial charge in [-0.15, -0.1) is 0 Å². The van der Waals surface area contributed by atoms with Crippen molar-refractivity contribution in [3.8, 4) is 0 Å². The first-order valence-corrected chi connectivity index (χ1v) is 5.95. The standard InChI is InChI=1S/C13H11BrN2O/c1-9-4-2-5-10(8-9)15-13(17)11-6-3-7-12(14)16-11/h2-8H,1H3,(H,15,17). The third kappa shape index (κ3) is 3.14. The smallest absolute Gasteiger partial charge is 0.274 e. The van der Waals surface area contributed by atoms with E-state index in [1.54, 1.807) is 18.2 Å². The minimum Gasteiger partial charge on any atom is -0.321 e. The number of benzene rings is 1. The van der Waals surface area contributed by atoms with Crippen LogP contribution in [-0.4, -0.2) is 10.9 Å². The first-order chi connectivity index (χ1) is 8.15. The van der Waals surface area contributed by atoms with Crippen molar-refractivity contribution in [2.45, 2.75) is 6.92 Å². The minimum atomic E-state index is -0.211. The zero-order chi connectivity index (χ0) is 12.3. The minimum absolute atomic E-state index is 0.211. The lowest BCUT2D eigenvalue weighted by Crippen LogP contribution is -2.13. The Balaban J connectivity index is 2.17. The van der Waals surface area contributed by atoms with Crippen LogP contribution in [0.25, 0.3) is 0 Å². The molecule has 3 nitrogen and oxygen atoms in total. The highest BCUT2D eigenvalue weighted by molar-refractivity contribution is 9.10. The van der Waals surface area contributed by atoms with Gasteiger partial charge in [0.25, 0.3) is 5.91 Å². The first kappa shape index (κ1) is 11.8. The second-order valence-electron chi connectivity index (χ2n) is 3.67. The summed E-state index contributed by atoms with van der Waals surface area (Å²) >= 11 is 3.24. The Kier molecular flexibility index (Phi) is 3.54. The van der Waals surface area contributed by atoms with E-state index < -0.39 is 0 Å². The van der Waals surface area contributed by atoms with Crippen molar-refractivity contribution in [3.63, 3.8) is 0 Å². The number of halogens is 1. The average Bonchev–Trinajstić information content (AvgIpc) is 2.29. The number of carbonyl (C=O) groups excluding carboxylic acids is 1. The molecule has 1 heterocycles. The van der Waals surface area contributed by atoms with Crippen LogP contribution in [0.1, 0.15) is 16.1 Å². The third-order valence-electron chi connectivity index (χ3n) is 2.22. The number of rotatable bonds is 2. The highest BCUT2D eigenvalue weighted by Crippen LogP contribution is 2.12. The lowest BCUT2D eigenvalue weighted by Gasteiger charge is -2.05. The van der Waals surface area contributed by atoms with E-state index >= 15 is 0 Å². The molecule has 0 aliphatic rings. The first-order valence-electron chi connectivity index (χ1n) is 5.16. The van der Waals surface area contributed by atoms with Crippen LogP contribution < -0.4 is 5.32 Å². The van der Waals surface area contributed by atoms with Gasteiger partial charge in [-0.05, 0) is 52.7 Å². The van der Waals surface area contributed by atoms with Gasteiger partial charge >= 0.3 is 0 Å². The lowest BCUT2D eigenvalue weighted by atomic mass is 10.2. The number of hydrogen-bond donors (Lipinski definition) is 1. The maximum atomic E-state index is 11.9. The zero-order valence-electron chi connectivity index (χ0n) is 9.27. The Morgan fingerprint density at radius 2 is 2.00 bits per heavy atom. The average molecular weight is 291 g/mol. The van der Waals surface area contributed by atoms with Crippen molar-refractivity contribution in [2.75, 3.05) is 5.32 Å². The zero-order valence-corrected chi connectivity index (χ0v) is 10.9. The van der Waals surface area contributed by atoms with Gasteiger partial charge in [0.05, 0.1) is 0 Å². The number of amides is 1. The summed E-state index contributed by atoms with van der Waals surface area (Å²) in [6.45, 7) is 1.98. The molecule has 0 fully saturated rings. The van der Waals surface area contributed by atoms with E-state index in [-0.39, 0.29) is 5.91 Å². The number of carbonyl (C=O) groups is 1. The summed E-state index contributed by atoms with van der Waals surface area (Å²) in [6.07, 6.45) is 0. The van der Waals surface area contributed by atoms with Crippen LogP contribution in [0.3, 0.4) is 0 Å². The monoisotopic (exact) mass is 290 g/mol. The molecular weight excluding hydrogens is 280 g/mol. The summed E-state index contributed by atoms with van der Waals surface area (Å²) in [5.74, 6) is -0.211. The highest BCUT2D eigenvalue weighted by Gasteiger charge is 2.07. The van der Waals surface area contributed by atoms with Gasteiger partial charge in [0.15, 0.2) is 0 Å². The van der Waals surface area contributed by atoms with Crippen LogP contribution in [0, 0.1) is 6.92 Å². The van der Waals surface area contributed by atoms with E-state index in [2.05, 4.69) is 26.2 Å². The summed E-state index contributed by atoms with van der Waals surface area (Å²) in [5.41, 5.74) is 2.27. The van der Waals surface area contributed by atoms with Crippen molar-refractivity contribution in [2.24, 2.45) is 0 Å². The summed E-state index contributed by atoms with van der Waals surface area (Å²) in [7, 11) is 0. The van der Waals surface area contributed by atoms with Gasteiger partial charge in [-0.3, -0.25) is 4.79 Å². The molecule has 1 aromatic heterocycles. The van der Waals surface area contributed by atoms with E-state index in [4.69, 9.17) is 0 Å². The van der Waals surface area contributed by atoms with Gasteiger partial charge in [0.2, 0.25) is 0 Å². The summed E-state index contributed by atoms with van der Waals surface area (Å²) in [5, 5.41) is 2.80. The van der Waals surface area contributed by atoms with Crippen LogP contribution in [0.15, 0.2) is 47.1 Å². The number of nitrogens with zero attached hydrogens (tertiary/aromatic N) is 1. The van der Waals surface area contributed by atoms with Gasteiger partial charge in [-0.1, -0.05) is 18.2 Å². The molecular formula is C13H11BrN2O. The fourth-order valence-electron chi connectivity index (χ4n) is 1.45. The Hall–Kier alpha value is -1.68. The molecule has 0 aliphatic carbocycles. The number of hydrogen-bond acceptors (Lipinski definition) is 2. The molecule has 2 rings (SSSR count). The Bertz CT molecular complexity index is 555. The van der Waals surface area contributed by atoms with Crippen molar-refractivity contribution in [3.05, 3.63) is 58.3 Å². The quantitative estimate of drug-likeness (QED) is 0.862. The summed E-state index contributed by atoms with van der Waals surface area (Å²) in [4.78, 5) is 16.0. The largest absolute Gasteiger partial charge is 0.321 e. The number of aryl methyl sites for hydroxylation is 1. The normalized spacial score (nSPS) is 10.0. The molecule has 1 aromatic carbocycles. The summed E-state index contributed by atoms with van der Waals surface area (Å²) < 4.78 is 0.648. The number of pyridine rings is 1. The SMILES string of the molecule is Cc1cccc(NC(=O)c2cccc(Br)n2)c1. The number of aromatic nitrogens is 1. The molecule has 0 saturated carbocycles. The second kappa shape index (κ2) is 5.10. The Labute approximate surface area is 108 Å². The number of anilines is 1. The molecule has 0 spiro atoms. The molecule has 0 atom stereocenters. The maximum Gasteiger partial charge on any atom is 0.274 e. The van der Waals surface area contributed by atoms with Crippen LogP contribution in [0.4, 0.5) is 5.69 Å². The number of nitrogens with one attached hydrogen (secondary N) is 1. The Morgan fingerprint density at radius 3 is 2.71 bits per heavy atom. The van der Waals surface area contributed by atoms with E-state index in [1.807, 2.05) is 31.2 Å². The van der Waals surface area contributed by atoms with Crippen molar-refractivity contribution in [1.29, 1.82) is 0 Å². The molecule has 17 heavy (non-hydrogen) atoms. The van der Waals surface area contributed by atoms with Crippen molar-refractivity contribution >= 4 is 27.5 Å². The molecule has 0 radical (unpaired) electrons. The van der Waals surface area contributed by atoms with Gasteiger partial charge in [-0.2, -0.15) is 0 Å². The molecule has 4 heteroatoms. The van der Waals surface area contributed by atoms with Gasteiger partial charge in [0, 0.05) is 5.69 Å². The molecule has 1 N–H and O–H groups in total. The van der Waals surface area contributed by atoms with Gasteiger partial charge < -0.3 is 5.32 Å². The topological polar surface area (TPSA) is 42.0 Å². The second-order valence-corrected chi connectivity index (χ2v) is 4.48. The fourth-order valence-corrected chi connectivity index (χ4v) is 1.80. The van der Waals surface area contributed by atoms with E-state index in [9.17, 15) is 4.79 Å². The van der Waals surface area contributed by atoms with E-state index in [1.165, 1.54) is 0 Å². The van der Waals surface area contributed by atoms with Crippen LogP contribution in [-0.2, 0) is 0 Å². The molecule has 0 aliphatic heterocycles. The molecule has 86 valence electrons. The van der Waals surface area contributed by atoms with Crippen molar-refractivity contribution in [1.82, 2.24) is 4.98 Å². The third-order valence-corrected chi connectivity index (χ3v) is 2.67. The van der Waals surface area contributed by atoms with Gasteiger partial charge in [0.1, 0.15) is 10.3 Å². The molecule has 2 aromatic rings. The predicted octanol–water partition coefficient (Wildman–Crippen LogP) is 3.40. The fraction of sp³-hybridized carbons (Fsp3) is 0.0769. The Morgan fingerprint density at radius 1 is 1.24 bits per heavy atom. The van der Waals surface area contributed by atoms with Crippen LogP contribution in [0.5, 0.6) is 0 Å². The summed E-state index contributed by atoms with van der Waals surface area (Å²) in [6, 6.07) is 12.9. The lowest BCUT2D eigenvalue weighted by molar-refractivity contribution is 0.102. The maximum absolute atomic E-state index is 11.9. The predicted molar refractivity (Wildman–Crippen MR) is 71.1 cm³/mol.